The molecule has 0 saturated heterocycles. The van der Waals surface area contributed by atoms with E-state index in [9.17, 15) is 9.59 Å². The van der Waals surface area contributed by atoms with Crippen molar-refractivity contribution in [3.63, 3.8) is 0 Å². The summed E-state index contributed by atoms with van der Waals surface area (Å²) in [6.07, 6.45) is -0.239. The highest BCUT2D eigenvalue weighted by atomic mass is 35.5. The predicted molar refractivity (Wildman–Crippen MR) is 124 cm³/mol. The minimum absolute atomic E-state index is 0.262. The Labute approximate surface area is 187 Å². The molecule has 0 spiro atoms. The number of rotatable bonds is 8. The van der Waals surface area contributed by atoms with Crippen LogP contribution in [0.1, 0.15) is 34.8 Å². The van der Waals surface area contributed by atoms with E-state index >= 15 is 0 Å². The van der Waals surface area contributed by atoms with Gasteiger partial charge in [0.25, 0.3) is 11.8 Å². The third-order valence-electron chi connectivity index (χ3n) is 4.80. The van der Waals surface area contributed by atoms with Crippen LogP contribution in [-0.4, -0.2) is 17.9 Å². The van der Waals surface area contributed by atoms with Gasteiger partial charge in [-0.25, -0.2) is 0 Å². The van der Waals surface area contributed by atoms with Gasteiger partial charge in [0, 0.05) is 11.6 Å². The number of carbonyl (C=O) groups is 2. The van der Waals surface area contributed by atoms with Crippen LogP contribution >= 0.6 is 11.6 Å². The minimum Gasteiger partial charge on any atom is -0.481 e. The van der Waals surface area contributed by atoms with Crippen LogP contribution in [0.4, 0.5) is 5.69 Å². The van der Waals surface area contributed by atoms with Gasteiger partial charge in [-0.3, -0.25) is 9.59 Å². The molecule has 31 heavy (non-hydrogen) atoms. The molecule has 0 aromatic heterocycles. The van der Waals surface area contributed by atoms with Crippen molar-refractivity contribution >= 4 is 29.1 Å². The van der Waals surface area contributed by atoms with Crippen molar-refractivity contribution in [2.75, 3.05) is 5.32 Å². The number of hydrogen-bond acceptors (Lipinski definition) is 3. The first-order valence-corrected chi connectivity index (χ1v) is 10.5. The molecule has 0 aliphatic heterocycles. The zero-order valence-corrected chi connectivity index (χ0v) is 18.3. The molecule has 2 N–H and O–H groups in total. The lowest BCUT2D eigenvalue weighted by molar-refractivity contribution is -0.122. The molecule has 1 unspecified atom stereocenters. The first-order chi connectivity index (χ1) is 15.0. The zero-order valence-electron chi connectivity index (χ0n) is 17.5. The number of aryl methyl sites for hydroxylation is 1. The highest BCUT2D eigenvalue weighted by molar-refractivity contribution is 6.31. The first kappa shape index (κ1) is 22.4. The zero-order chi connectivity index (χ0) is 22.2. The molecule has 160 valence electrons. The molecule has 0 aliphatic rings. The van der Waals surface area contributed by atoms with E-state index in [-0.39, 0.29) is 11.8 Å². The Morgan fingerprint density at radius 1 is 1.00 bits per heavy atom. The fraction of sp³-hybridized carbons (Fsp3) is 0.200. The van der Waals surface area contributed by atoms with Crippen LogP contribution in [0, 0.1) is 6.92 Å². The maximum absolute atomic E-state index is 12.9. The summed E-state index contributed by atoms with van der Waals surface area (Å²) in [5.41, 5.74) is 2.70. The normalized spacial score (nSPS) is 11.5. The summed E-state index contributed by atoms with van der Waals surface area (Å²) in [5, 5.41) is 6.36. The van der Waals surface area contributed by atoms with Gasteiger partial charge in [0.2, 0.25) is 0 Å². The molecular weight excluding hydrogens is 412 g/mol. The van der Waals surface area contributed by atoms with Crippen LogP contribution in [0.2, 0.25) is 5.02 Å². The average Bonchev–Trinajstić information content (AvgIpc) is 2.79. The number of nitrogens with one attached hydrogen (secondary N) is 2. The van der Waals surface area contributed by atoms with Crippen LogP contribution in [-0.2, 0) is 11.3 Å². The summed E-state index contributed by atoms with van der Waals surface area (Å²) in [4.78, 5) is 25.6. The molecule has 5 nitrogen and oxygen atoms in total. The van der Waals surface area contributed by atoms with Gasteiger partial charge < -0.3 is 15.4 Å². The van der Waals surface area contributed by atoms with Crippen molar-refractivity contribution in [3.8, 4) is 5.75 Å². The van der Waals surface area contributed by atoms with E-state index in [4.69, 9.17) is 16.3 Å². The van der Waals surface area contributed by atoms with Crippen LogP contribution in [0.3, 0.4) is 0 Å². The highest BCUT2D eigenvalue weighted by Gasteiger charge is 2.21. The van der Waals surface area contributed by atoms with Crippen molar-refractivity contribution < 1.29 is 14.3 Å². The lowest BCUT2D eigenvalue weighted by Gasteiger charge is -2.19. The number of ether oxygens (including phenoxy) is 1. The molecule has 0 aliphatic carbocycles. The Balaban J connectivity index is 1.68. The van der Waals surface area contributed by atoms with Gasteiger partial charge in [0.05, 0.1) is 11.3 Å². The molecular formula is C25H25ClN2O3. The summed E-state index contributed by atoms with van der Waals surface area (Å²) in [6, 6.07) is 21.8. The maximum atomic E-state index is 12.9. The summed E-state index contributed by atoms with van der Waals surface area (Å²) < 4.78 is 5.87. The molecule has 0 bridgehead atoms. The van der Waals surface area contributed by atoms with Gasteiger partial charge in [-0.05, 0) is 54.8 Å². The highest BCUT2D eigenvalue weighted by Crippen LogP contribution is 2.23. The molecule has 3 aromatic carbocycles. The number of para-hydroxylation sites is 1. The second-order valence-corrected chi connectivity index (χ2v) is 7.54. The van der Waals surface area contributed by atoms with Gasteiger partial charge in [-0.15, -0.1) is 0 Å². The molecule has 1 atom stereocenters. The Hall–Kier alpha value is -3.31. The minimum atomic E-state index is -0.707. The number of anilines is 1. The summed E-state index contributed by atoms with van der Waals surface area (Å²) in [5.74, 6) is -0.0155. The Morgan fingerprint density at radius 2 is 1.71 bits per heavy atom. The lowest BCUT2D eigenvalue weighted by atomic mass is 10.1. The lowest BCUT2D eigenvalue weighted by Crippen LogP contribution is -2.33. The molecule has 0 radical (unpaired) electrons. The Bertz CT molecular complexity index is 1050. The first-order valence-electron chi connectivity index (χ1n) is 10.1. The number of halogens is 1. The van der Waals surface area contributed by atoms with E-state index in [2.05, 4.69) is 10.6 Å². The van der Waals surface area contributed by atoms with Crippen molar-refractivity contribution in [2.45, 2.75) is 32.9 Å². The monoisotopic (exact) mass is 436 g/mol. The second-order valence-electron chi connectivity index (χ2n) is 7.13. The number of benzene rings is 3. The van der Waals surface area contributed by atoms with Crippen molar-refractivity contribution in [1.29, 1.82) is 0 Å². The Kier molecular flexibility index (Phi) is 7.68. The molecule has 3 aromatic rings. The fourth-order valence-electron chi connectivity index (χ4n) is 3.05. The number of hydrogen-bond donors (Lipinski definition) is 2. The molecule has 0 fully saturated rings. The molecule has 2 amide bonds. The van der Waals surface area contributed by atoms with E-state index in [1.807, 2.05) is 44.2 Å². The fourth-order valence-corrected chi connectivity index (χ4v) is 3.17. The van der Waals surface area contributed by atoms with Gasteiger partial charge in [-0.1, -0.05) is 61.0 Å². The standard InChI is InChI=1S/C25H25ClN2O3/c1-3-23(31-19-13-14-21(26)17(2)15-19)25(30)28-22-12-8-7-11-20(22)24(29)27-16-18-9-5-4-6-10-18/h4-15,23H,3,16H2,1-2H3,(H,27,29)(H,28,30). The van der Waals surface area contributed by atoms with Crippen molar-refractivity contribution in [2.24, 2.45) is 0 Å². The second kappa shape index (κ2) is 10.6. The quantitative estimate of drug-likeness (QED) is 0.498. The largest absolute Gasteiger partial charge is 0.481 e. The van der Waals surface area contributed by atoms with Crippen molar-refractivity contribution in [1.82, 2.24) is 5.32 Å². The summed E-state index contributed by atoms with van der Waals surface area (Å²) >= 11 is 6.06. The van der Waals surface area contributed by atoms with Crippen LogP contribution in [0.5, 0.6) is 5.75 Å². The SMILES string of the molecule is CCC(Oc1ccc(Cl)c(C)c1)C(=O)Nc1ccccc1C(=O)NCc1ccccc1. The molecule has 6 heteroatoms. The van der Waals surface area contributed by atoms with Gasteiger partial charge >= 0.3 is 0 Å². The molecule has 0 saturated carbocycles. The average molecular weight is 437 g/mol. The van der Waals surface area contributed by atoms with Crippen LogP contribution < -0.4 is 15.4 Å². The number of amides is 2. The van der Waals surface area contributed by atoms with Crippen LogP contribution in [0.25, 0.3) is 0 Å². The topological polar surface area (TPSA) is 67.4 Å². The third kappa shape index (κ3) is 6.09. The molecule has 0 heterocycles. The maximum Gasteiger partial charge on any atom is 0.265 e. The summed E-state index contributed by atoms with van der Waals surface area (Å²) in [6.45, 7) is 4.14. The predicted octanol–water partition coefficient (Wildman–Crippen LogP) is 5.37. The van der Waals surface area contributed by atoms with E-state index < -0.39 is 6.10 Å². The van der Waals surface area contributed by atoms with E-state index in [1.165, 1.54) is 0 Å². The van der Waals surface area contributed by atoms with E-state index in [0.717, 1.165) is 11.1 Å². The summed E-state index contributed by atoms with van der Waals surface area (Å²) in [7, 11) is 0. The van der Waals surface area contributed by atoms with Gasteiger partial charge in [0.15, 0.2) is 6.10 Å². The smallest absolute Gasteiger partial charge is 0.265 e. The van der Waals surface area contributed by atoms with Crippen molar-refractivity contribution in [3.05, 3.63) is 94.5 Å². The third-order valence-corrected chi connectivity index (χ3v) is 5.22. The van der Waals surface area contributed by atoms with E-state index in [0.29, 0.717) is 35.0 Å². The van der Waals surface area contributed by atoms with Gasteiger partial charge in [-0.2, -0.15) is 0 Å². The molecule has 3 rings (SSSR count). The van der Waals surface area contributed by atoms with Crippen LogP contribution in [0.15, 0.2) is 72.8 Å². The number of carbonyl (C=O) groups excluding carboxylic acids is 2. The Morgan fingerprint density at radius 3 is 2.42 bits per heavy atom. The van der Waals surface area contributed by atoms with Gasteiger partial charge in [0.1, 0.15) is 5.75 Å². The van der Waals surface area contributed by atoms with E-state index in [1.54, 1.807) is 42.5 Å².